The number of hydrogen-bond acceptors (Lipinski definition) is 4. The molecule has 3 rings (SSSR count). The highest BCUT2D eigenvalue weighted by molar-refractivity contribution is 6.31. The summed E-state index contributed by atoms with van der Waals surface area (Å²) in [6.07, 6.45) is -4.53. The van der Waals surface area contributed by atoms with Crippen LogP contribution < -0.4 is 14.8 Å². The van der Waals surface area contributed by atoms with Gasteiger partial charge in [-0.1, -0.05) is 29.8 Å². The van der Waals surface area contributed by atoms with Crippen molar-refractivity contribution in [2.45, 2.75) is 32.0 Å². The first-order valence-corrected chi connectivity index (χ1v) is 11.7. The van der Waals surface area contributed by atoms with Crippen molar-refractivity contribution >= 4 is 17.6 Å². The van der Waals surface area contributed by atoms with E-state index in [1.165, 1.54) is 6.07 Å². The molecule has 0 aliphatic heterocycles. The minimum Gasteiger partial charge on any atom is -0.497 e. The number of carbonyl (C=O) groups is 1. The van der Waals surface area contributed by atoms with Crippen LogP contribution in [0, 0.1) is 0 Å². The fourth-order valence-corrected chi connectivity index (χ4v) is 3.89. The summed E-state index contributed by atoms with van der Waals surface area (Å²) in [5.41, 5.74) is 1.50. The summed E-state index contributed by atoms with van der Waals surface area (Å²) in [6.45, 7) is 2.53. The maximum atomic E-state index is 13.6. The monoisotopic (exact) mass is 521 g/mol. The molecule has 0 spiro atoms. The minimum absolute atomic E-state index is 0.0148. The second kappa shape index (κ2) is 12.1. The van der Waals surface area contributed by atoms with Crippen LogP contribution in [0.1, 0.15) is 36.1 Å². The summed E-state index contributed by atoms with van der Waals surface area (Å²) < 4.78 is 51.7. The zero-order valence-electron chi connectivity index (χ0n) is 19.9. The van der Waals surface area contributed by atoms with Crippen molar-refractivity contribution < 1.29 is 32.5 Å². The number of aliphatic carboxylic acids is 1. The molecule has 0 aromatic heterocycles. The fourth-order valence-electron chi connectivity index (χ4n) is 3.67. The molecule has 0 radical (unpaired) electrons. The van der Waals surface area contributed by atoms with Gasteiger partial charge in [0.05, 0.1) is 12.7 Å². The number of carboxylic acid groups (broad SMARTS) is 1. The van der Waals surface area contributed by atoms with E-state index in [1.807, 2.05) is 31.2 Å². The Bertz CT molecular complexity index is 1200. The maximum Gasteiger partial charge on any atom is 0.416 e. The largest absolute Gasteiger partial charge is 0.497 e. The van der Waals surface area contributed by atoms with E-state index in [0.29, 0.717) is 28.3 Å². The van der Waals surface area contributed by atoms with Crippen molar-refractivity contribution in [1.82, 2.24) is 5.32 Å². The van der Waals surface area contributed by atoms with Crippen molar-refractivity contribution in [2.75, 3.05) is 20.3 Å². The van der Waals surface area contributed by atoms with Gasteiger partial charge in [-0.25, -0.2) is 0 Å². The molecule has 36 heavy (non-hydrogen) atoms. The Labute approximate surface area is 212 Å². The van der Waals surface area contributed by atoms with E-state index < -0.39 is 17.7 Å². The second-order valence-corrected chi connectivity index (χ2v) is 8.65. The van der Waals surface area contributed by atoms with Gasteiger partial charge in [-0.05, 0) is 78.1 Å². The third kappa shape index (κ3) is 7.63. The number of rotatable bonds is 11. The SMILES string of the molecule is COc1cccc([C@@H](C)NCCOc2cc(-c3ccc(Cl)c(CCC(=O)O)c3)cc(C(F)(F)F)c2)c1. The molecule has 0 heterocycles. The fraction of sp³-hybridized carbons (Fsp3) is 0.296. The van der Waals surface area contributed by atoms with Crippen LogP contribution in [0.15, 0.2) is 60.7 Å². The van der Waals surface area contributed by atoms with Gasteiger partial charge in [0.15, 0.2) is 0 Å². The maximum absolute atomic E-state index is 13.6. The zero-order valence-corrected chi connectivity index (χ0v) is 20.6. The molecule has 5 nitrogen and oxygen atoms in total. The zero-order chi connectivity index (χ0) is 26.3. The van der Waals surface area contributed by atoms with E-state index in [9.17, 15) is 18.0 Å². The first-order valence-electron chi connectivity index (χ1n) is 11.3. The van der Waals surface area contributed by atoms with E-state index in [1.54, 1.807) is 25.3 Å². The number of carboxylic acids is 1. The number of halogens is 4. The summed E-state index contributed by atoms with van der Waals surface area (Å²) in [5, 5.41) is 12.6. The van der Waals surface area contributed by atoms with Gasteiger partial charge in [-0.2, -0.15) is 13.2 Å². The molecule has 0 bridgehead atoms. The highest BCUT2D eigenvalue weighted by atomic mass is 35.5. The second-order valence-electron chi connectivity index (χ2n) is 8.24. The van der Waals surface area contributed by atoms with Crippen molar-refractivity contribution in [2.24, 2.45) is 0 Å². The predicted octanol–water partition coefficient (Wildman–Crippen LogP) is 6.78. The summed E-state index contributed by atoms with van der Waals surface area (Å²) in [6, 6.07) is 15.9. The lowest BCUT2D eigenvalue weighted by Gasteiger charge is -2.17. The van der Waals surface area contributed by atoms with Crippen LogP contribution in [0.3, 0.4) is 0 Å². The van der Waals surface area contributed by atoms with Gasteiger partial charge in [-0.15, -0.1) is 0 Å². The predicted molar refractivity (Wildman–Crippen MR) is 133 cm³/mol. The Morgan fingerprint density at radius 3 is 2.53 bits per heavy atom. The van der Waals surface area contributed by atoms with Crippen LogP contribution in [0.5, 0.6) is 11.5 Å². The molecule has 0 aliphatic carbocycles. The number of alkyl halides is 3. The molecule has 0 saturated heterocycles. The number of benzene rings is 3. The van der Waals surface area contributed by atoms with Gasteiger partial charge in [-0.3, -0.25) is 4.79 Å². The molecule has 3 aromatic carbocycles. The lowest BCUT2D eigenvalue weighted by molar-refractivity contribution is -0.138. The standard InChI is InChI=1S/C27H27ClF3NO4/c1-17(18-4-3-5-23(14-18)35-2)32-10-11-36-24-15-21(13-22(16-24)27(29,30)31)19-6-8-25(28)20(12-19)7-9-26(33)34/h3-6,8,12-17,32H,7,9-11H2,1-2H3,(H,33,34)/t17-/m1/s1. The van der Waals surface area contributed by atoms with Crippen LogP contribution >= 0.6 is 11.6 Å². The number of methoxy groups -OCH3 is 1. The van der Waals surface area contributed by atoms with E-state index in [4.69, 9.17) is 26.2 Å². The van der Waals surface area contributed by atoms with Crippen LogP contribution in [0.25, 0.3) is 11.1 Å². The quantitative estimate of drug-likeness (QED) is 0.272. The Hall–Kier alpha value is -3.23. The molecule has 0 unspecified atom stereocenters. The lowest BCUT2D eigenvalue weighted by Crippen LogP contribution is -2.24. The van der Waals surface area contributed by atoms with E-state index >= 15 is 0 Å². The van der Waals surface area contributed by atoms with Gasteiger partial charge in [0.25, 0.3) is 0 Å². The van der Waals surface area contributed by atoms with E-state index in [2.05, 4.69) is 5.32 Å². The lowest BCUT2D eigenvalue weighted by atomic mass is 9.98. The molecule has 3 aromatic rings. The summed E-state index contributed by atoms with van der Waals surface area (Å²) in [4.78, 5) is 10.9. The molecule has 1 atom stereocenters. The molecular weight excluding hydrogens is 495 g/mol. The van der Waals surface area contributed by atoms with Crippen LogP contribution in [0.4, 0.5) is 13.2 Å². The molecule has 0 amide bonds. The summed E-state index contributed by atoms with van der Waals surface area (Å²) in [5.74, 6) is -0.166. The van der Waals surface area contributed by atoms with Crippen molar-refractivity contribution in [1.29, 1.82) is 0 Å². The van der Waals surface area contributed by atoms with Gasteiger partial charge in [0, 0.05) is 24.0 Å². The van der Waals surface area contributed by atoms with Crippen molar-refractivity contribution in [3.05, 3.63) is 82.4 Å². The minimum atomic E-state index is -4.56. The molecule has 0 fully saturated rings. The topological polar surface area (TPSA) is 67.8 Å². The average molecular weight is 522 g/mol. The first-order chi connectivity index (χ1) is 17.1. The number of aryl methyl sites for hydroxylation is 1. The smallest absolute Gasteiger partial charge is 0.416 e. The van der Waals surface area contributed by atoms with Gasteiger partial charge in [0.1, 0.15) is 18.1 Å². The van der Waals surface area contributed by atoms with Gasteiger partial charge in [0.2, 0.25) is 0 Å². The van der Waals surface area contributed by atoms with Crippen LogP contribution in [-0.4, -0.2) is 31.3 Å². The van der Waals surface area contributed by atoms with Gasteiger partial charge < -0.3 is 19.9 Å². The molecular formula is C27H27ClF3NO4. The molecule has 0 aliphatic rings. The van der Waals surface area contributed by atoms with Crippen LogP contribution in [-0.2, 0) is 17.4 Å². The Morgan fingerprint density at radius 2 is 1.83 bits per heavy atom. The molecule has 0 saturated carbocycles. The average Bonchev–Trinajstić information content (AvgIpc) is 2.85. The number of hydrogen-bond donors (Lipinski definition) is 2. The first kappa shape index (κ1) is 27.4. The number of nitrogens with one attached hydrogen (secondary N) is 1. The third-order valence-corrected chi connectivity index (χ3v) is 6.00. The summed E-state index contributed by atoms with van der Waals surface area (Å²) >= 11 is 6.16. The van der Waals surface area contributed by atoms with Crippen molar-refractivity contribution in [3.8, 4) is 22.6 Å². The molecule has 192 valence electrons. The highest BCUT2D eigenvalue weighted by Gasteiger charge is 2.31. The molecule has 9 heteroatoms. The van der Waals surface area contributed by atoms with E-state index in [-0.39, 0.29) is 31.2 Å². The van der Waals surface area contributed by atoms with Crippen molar-refractivity contribution in [3.63, 3.8) is 0 Å². The van der Waals surface area contributed by atoms with E-state index in [0.717, 1.165) is 23.4 Å². The molecule has 2 N–H and O–H groups in total. The Kier molecular flexibility index (Phi) is 9.23. The van der Waals surface area contributed by atoms with Crippen LogP contribution in [0.2, 0.25) is 5.02 Å². The highest BCUT2D eigenvalue weighted by Crippen LogP contribution is 2.36. The third-order valence-electron chi connectivity index (χ3n) is 5.64. The Balaban J connectivity index is 1.74. The summed E-state index contributed by atoms with van der Waals surface area (Å²) in [7, 11) is 1.59. The van der Waals surface area contributed by atoms with Gasteiger partial charge >= 0.3 is 12.1 Å². The normalized spacial score (nSPS) is 12.3. The Morgan fingerprint density at radius 1 is 1.06 bits per heavy atom. The number of ether oxygens (including phenoxy) is 2.